The fourth-order valence-electron chi connectivity index (χ4n) is 3.29. The molecular weight excluding hydrogens is 348 g/mol. The van der Waals surface area contributed by atoms with E-state index in [0.717, 1.165) is 17.5 Å². The average molecular weight is 372 g/mol. The number of hydrogen-bond donors (Lipinski definition) is 1. The van der Waals surface area contributed by atoms with Crippen molar-refractivity contribution in [1.82, 2.24) is 5.32 Å². The Morgan fingerprint density at radius 3 is 2.42 bits per heavy atom. The van der Waals surface area contributed by atoms with Crippen molar-refractivity contribution in [3.63, 3.8) is 0 Å². The second-order valence-electron chi connectivity index (χ2n) is 6.69. The molecule has 0 aliphatic carbocycles. The zero-order valence-electron chi connectivity index (χ0n) is 15.1. The summed E-state index contributed by atoms with van der Waals surface area (Å²) in [5.74, 6) is 0.0113. The number of hydrogen-bond acceptors (Lipinski definition) is 3. The van der Waals surface area contributed by atoms with Crippen molar-refractivity contribution in [2.24, 2.45) is 0 Å². The van der Waals surface area contributed by atoms with Gasteiger partial charge in [0, 0.05) is 12.1 Å². The molecule has 0 spiro atoms. The molecule has 0 radical (unpaired) electrons. The van der Waals surface area contributed by atoms with Crippen molar-refractivity contribution in [3.8, 4) is 0 Å². The van der Waals surface area contributed by atoms with E-state index in [0.29, 0.717) is 24.2 Å². The summed E-state index contributed by atoms with van der Waals surface area (Å²) in [6, 6.07) is 14.6. The third-order valence-electron chi connectivity index (χ3n) is 4.77. The van der Waals surface area contributed by atoms with Gasteiger partial charge in [-0.3, -0.25) is 9.10 Å². The Labute approximate surface area is 155 Å². The van der Waals surface area contributed by atoms with E-state index in [1.165, 1.54) is 4.31 Å². The van der Waals surface area contributed by atoms with E-state index in [4.69, 9.17) is 0 Å². The van der Waals surface area contributed by atoms with Crippen LogP contribution in [0.1, 0.15) is 47.3 Å². The van der Waals surface area contributed by atoms with Crippen LogP contribution >= 0.6 is 0 Å². The number of benzene rings is 2. The molecule has 6 heteroatoms. The van der Waals surface area contributed by atoms with E-state index in [2.05, 4.69) is 5.32 Å². The second-order valence-corrected chi connectivity index (χ2v) is 8.71. The first-order valence-electron chi connectivity index (χ1n) is 8.85. The van der Waals surface area contributed by atoms with Gasteiger partial charge in [0.2, 0.25) is 10.0 Å². The van der Waals surface area contributed by atoms with Gasteiger partial charge in [0.25, 0.3) is 5.91 Å². The van der Waals surface area contributed by atoms with E-state index in [-0.39, 0.29) is 17.7 Å². The Morgan fingerprint density at radius 2 is 1.77 bits per heavy atom. The van der Waals surface area contributed by atoms with Crippen molar-refractivity contribution in [3.05, 3.63) is 65.2 Å². The Morgan fingerprint density at radius 1 is 1.08 bits per heavy atom. The molecule has 1 N–H and O–H groups in total. The number of amides is 1. The van der Waals surface area contributed by atoms with Crippen molar-refractivity contribution < 1.29 is 13.2 Å². The first-order valence-corrected chi connectivity index (χ1v) is 10.5. The molecular formula is C20H24N2O3S. The molecule has 0 bridgehead atoms. The summed E-state index contributed by atoms with van der Waals surface area (Å²) < 4.78 is 25.8. The number of nitrogens with one attached hydrogen (secondary N) is 1. The van der Waals surface area contributed by atoms with Crippen LogP contribution in [-0.4, -0.2) is 26.6 Å². The standard InChI is InChI=1S/C20H24N2O3S/c1-15-7-3-4-8-19(15)16(2)21-20(23)17-9-11-18(12-10-17)22-13-5-6-14-26(22,24)25/h3-4,7-12,16H,5-6,13-14H2,1-2H3,(H,21,23)/t16-/m0/s1. The topological polar surface area (TPSA) is 66.5 Å². The molecule has 1 heterocycles. The molecule has 5 nitrogen and oxygen atoms in total. The van der Waals surface area contributed by atoms with Gasteiger partial charge in [-0.25, -0.2) is 8.42 Å². The number of carbonyl (C=O) groups excluding carboxylic acids is 1. The second kappa shape index (κ2) is 7.50. The van der Waals surface area contributed by atoms with Crippen molar-refractivity contribution in [2.75, 3.05) is 16.6 Å². The summed E-state index contributed by atoms with van der Waals surface area (Å²) in [6.45, 7) is 4.47. The third kappa shape index (κ3) is 3.90. The molecule has 2 aromatic carbocycles. The number of sulfonamides is 1. The highest BCUT2D eigenvalue weighted by Gasteiger charge is 2.26. The van der Waals surface area contributed by atoms with Gasteiger partial charge in [-0.1, -0.05) is 24.3 Å². The van der Waals surface area contributed by atoms with Gasteiger partial charge in [0.15, 0.2) is 0 Å². The Balaban J connectivity index is 1.72. The van der Waals surface area contributed by atoms with E-state index in [1.807, 2.05) is 38.1 Å². The number of carbonyl (C=O) groups is 1. The van der Waals surface area contributed by atoms with Gasteiger partial charge in [0.05, 0.1) is 17.5 Å². The molecule has 1 saturated heterocycles. The molecule has 0 unspecified atom stereocenters. The highest BCUT2D eigenvalue weighted by Crippen LogP contribution is 2.24. The maximum atomic E-state index is 12.5. The fourth-order valence-corrected chi connectivity index (χ4v) is 4.93. The largest absolute Gasteiger partial charge is 0.346 e. The fraction of sp³-hybridized carbons (Fsp3) is 0.350. The van der Waals surface area contributed by atoms with Gasteiger partial charge in [-0.15, -0.1) is 0 Å². The lowest BCUT2D eigenvalue weighted by Gasteiger charge is -2.28. The Hall–Kier alpha value is -2.34. The van der Waals surface area contributed by atoms with Crippen LogP contribution in [0, 0.1) is 6.92 Å². The molecule has 0 aromatic heterocycles. The third-order valence-corrected chi connectivity index (χ3v) is 6.64. The molecule has 1 fully saturated rings. The normalized spacial score (nSPS) is 17.5. The molecule has 0 saturated carbocycles. The smallest absolute Gasteiger partial charge is 0.251 e. The molecule has 1 aliphatic heterocycles. The zero-order valence-corrected chi connectivity index (χ0v) is 15.9. The minimum Gasteiger partial charge on any atom is -0.346 e. The maximum absolute atomic E-state index is 12.5. The number of anilines is 1. The van der Waals surface area contributed by atoms with Crippen LogP contribution in [-0.2, 0) is 10.0 Å². The SMILES string of the molecule is Cc1ccccc1[C@H](C)NC(=O)c1ccc(N2CCCCS2(=O)=O)cc1. The molecule has 26 heavy (non-hydrogen) atoms. The summed E-state index contributed by atoms with van der Waals surface area (Å²) in [5, 5.41) is 3.00. The lowest BCUT2D eigenvalue weighted by Crippen LogP contribution is -2.37. The van der Waals surface area contributed by atoms with Crippen LogP contribution in [0.4, 0.5) is 5.69 Å². The molecule has 2 aromatic rings. The summed E-state index contributed by atoms with van der Waals surface area (Å²) in [5.41, 5.74) is 3.35. The van der Waals surface area contributed by atoms with Crippen molar-refractivity contribution in [2.45, 2.75) is 32.7 Å². The zero-order chi connectivity index (χ0) is 18.7. The van der Waals surface area contributed by atoms with E-state index < -0.39 is 10.0 Å². The van der Waals surface area contributed by atoms with Crippen LogP contribution < -0.4 is 9.62 Å². The summed E-state index contributed by atoms with van der Waals surface area (Å²) in [6.07, 6.45) is 1.56. The van der Waals surface area contributed by atoms with Crippen LogP contribution in [0.25, 0.3) is 0 Å². The predicted molar refractivity (Wildman–Crippen MR) is 104 cm³/mol. The van der Waals surface area contributed by atoms with E-state index >= 15 is 0 Å². The Kier molecular flexibility index (Phi) is 5.32. The van der Waals surface area contributed by atoms with Crippen molar-refractivity contribution in [1.29, 1.82) is 0 Å². The summed E-state index contributed by atoms with van der Waals surface area (Å²) in [4.78, 5) is 12.5. The monoisotopic (exact) mass is 372 g/mol. The molecule has 138 valence electrons. The highest BCUT2D eigenvalue weighted by atomic mass is 32.2. The van der Waals surface area contributed by atoms with Gasteiger partial charge >= 0.3 is 0 Å². The quantitative estimate of drug-likeness (QED) is 0.894. The van der Waals surface area contributed by atoms with Crippen LogP contribution in [0.2, 0.25) is 0 Å². The minimum atomic E-state index is -3.24. The lowest BCUT2D eigenvalue weighted by atomic mass is 10.0. The molecule has 1 aliphatic rings. The minimum absolute atomic E-state index is 0.106. The first-order chi connectivity index (χ1) is 12.4. The number of nitrogens with zero attached hydrogens (tertiary/aromatic N) is 1. The van der Waals surface area contributed by atoms with Crippen LogP contribution in [0.5, 0.6) is 0 Å². The predicted octanol–water partition coefficient (Wildman–Crippen LogP) is 3.42. The number of aryl methyl sites for hydroxylation is 1. The molecule has 1 atom stereocenters. The van der Waals surface area contributed by atoms with Crippen molar-refractivity contribution >= 4 is 21.6 Å². The maximum Gasteiger partial charge on any atom is 0.251 e. The highest BCUT2D eigenvalue weighted by molar-refractivity contribution is 7.92. The Bertz CT molecular complexity index is 892. The van der Waals surface area contributed by atoms with Gasteiger partial charge in [-0.05, 0) is 62.1 Å². The van der Waals surface area contributed by atoms with E-state index in [9.17, 15) is 13.2 Å². The summed E-state index contributed by atoms with van der Waals surface area (Å²) in [7, 11) is -3.24. The van der Waals surface area contributed by atoms with Crippen LogP contribution in [0.15, 0.2) is 48.5 Å². The number of rotatable bonds is 4. The molecule has 1 amide bonds. The molecule has 3 rings (SSSR count). The van der Waals surface area contributed by atoms with Crippen LogP contribution in [0.3, 0.4) is 0 Å². The first kappa shape index (κ1) is 18.5. The summed E-state index contributed by atoms with van der Waals surface area (Å²) >= 11 is 0. The van der Waals surface area contributed by atoms with Gasteiger partial charge in [-0.2, -0.15) is 0 Å². The average Bonchev–Trinajstić information content (AvgIpc) is 2.62. The van der Waals surface area contributed by atoms with Gasteiger partial charge in [0.1, 0.15) is 0 Å². The van der Waals surface area contributed by atoms with E-state index in [1.54, 1.807) is 24.3 Å². The lowest BCUT2D eigenvalue weighted by molar-refractivity contribution is 0.0940. The van der Waals surface area contributed by atoms with Gasteiger partial charge < -0.3 is 5.32 Å².